The monoisotopic (exact) mass is 286 g/mol. The van der Waals surface area contributed by atoms with Gasteiger partial charge in [-0.25, -0.2) is 8.42 Å². The zero-order valence-electron chi connectivity index (χ0n) is 11.2. The number of carbonyl (C=O) groups is 1. The molecule has 1 aromatic rings. The lowest BCUT2D eigenvalue weighted by Crippen LogP contribution is -2.32. The summed E-state index contributed by atoms with van der Waals surface area (Å²) < 4.78 is 29.8. The minimum Gasteiger partial charge on any atom is -0.468 e. The van der Waals surface area contributed by atoms with Crippen LogP contribution in [0.1, 0.15) is 12.5 Å². The van der Waals surface area contributed by atoms with Crippen LogP contribution in [0.4, 0.5) is 5.69 Å². The number of carbonyl (C=O) groups excluding carboxylic acids is 1. The molecule has 6 nitrogen and oxygen atoms in total. The summed E-state index contributed by atoms with van der Waals surface area (Å²) in [6.07, 6.45) is 0.726. The number of sulfonamides is 1. The number of esters is 1. The first kappa shape index (κ1) is 15.5. The van der Waals surface area contributed by atoms with E-state index in [9.17, 15) is 13.2 Å². The highest BCUT2D eigenvalue weighted by atomic mass is 32.2. The lowest BCUT2D eigenvalue weighted by molar-refractivity contribution is -0.140. The number of rotatable bonds is 5. The second kappa shape index (κ2) is 6.03. The van der Waals surface area contributed by atoms with E-state index >= 15 is 0 Å². The Kier molecular flexibility index (Phi) is 4.90. The second-order valence-corrected chi connectivity index (χ2v) is 6.10. The number of anilines is 1. The summed E-state index contributed by atoms with van der Waals surface area (Å²) in [5.41, 5.74) is 7.09. The molecule has 0 aromatic heterocycles. The van der Waals surface area contributed by atoms with Crippen molar-refractivity contribution in [1.29, 1.82) is 0 Å². The summed E-state index contributed by atoms with van der Waals surface area (Å²) in [5.74, 6) is -0.621. The highest BCUT2D eigenvalue weighted by molar-refractivity contribution is 7.89. The number of nitrogen functional groups attached to an aromatic ring is 1. The van der Waals surface area contributed by atoms with Crippen molar-refractivity contribution in [2.75, 3.05) is 26.4 Å². The Morgan fingerprint density at radius 2 is 2.05 bits per heavy atom. The topological polar surface area (TPSA) is 89.7 Å². The van der Waals surface area contributed by atoms with Crippen molar-refractivity contribution in [2.24, 2.45) is 0 Å². The van der Waals surface area contributed by atoms with Crippen LogP contribution in [0.25, 0.3) is 0 Å². The number of hydrogen-bond donors (Lipinski definition) is 1. The minimum atomic E-state index is -3.74. The number of methoxy groups -OCH3 is 1. The van der Waals surface area contributed by atoms with E-state index in [0.29, 0.717) is 5.69 Å². The summed E-state index contributed by atoms with van der Waals surface area (Å²) in [6.45, 7) is 1.59. The molecular weight excluding hydrogens is 268 g/mol. The molecule has 0 heterocycles. The first-order valence-electron chi connectivity index (χ1n) is 5.74. The summed E-state index contributed by atoms with van der Waals surface area (Å²) in [6, 6.07) is 4.56. The van der Waals surface area contributed by atoms with Crippen molar-refractivity contribution in [3.05, 3.63) is 23.8 Å². The van der Waals surface area contributed by atoms with E-state index < -0.39 is 16.0 Å². The van der Waals surface area contributed by atoms with Crippen LogP contribution in [0.2, 0.25) is 0 Å². The van der Waals surface area contributed by atoms with Crippen LogP contribution in [0.3, 0.4) is 0 Å². The predicted molar refractivity (Wildman–Crippen MR) is 72.1 cm³/mol. The number of nitrogens with two attached hydrogens (primary N) is 1. The maximum atomic E-state index is 12.2. The molecule has 0 saturated carbocycles. The summed E-state index contributed by atoms with van der Waals surface area (Å²) in [7, 11) is -1.22. The molecule has 0 spiro atoms. The predicted octanol–water partition coefficient (Wildman–Crippen LogP) is 0.625. The van der Waals surface area contributed by atoms with E-state index in [1.165, 1.54) is 26.3 Å². The fraction of sp³-hybridized carbons (Fsp3) is 0.417. The van der Waals surface area contributed by atoms with Crippen molar-refractivity contribution in [1.82, 2.24) is 4.31 Å². The second-order valence-electron chi connectivity index (χ2n) is 4.05. The molecule has 106 valence electrons. The molecule has 19 heavy (non-hydrogen) atoms. The largest absolute Gasteiger partial charge is 0.468 e. The van der Waals surface area contributed by atoms with E-state index in [0.717, 1.165) is 16.3 Å². The van der Waals surface area contributed by atoms with E-state index in [1.807, 2.05) is 6.92 Å². The zero-order valence-corrected chi connectivity index (χ0v) is 12.0. The summed E-state index contributed by atoms with van der Waals surface area (Å²) in [5, 5.41) is 0. The SMILES string of the molecule is CCc1ccc(S(=O)(=O)N(C)CC(=O)OC)cc1N. The zero-order chi connectivity index (χ0) is 14.6. The molecule has 0 atom stereocenters. The lowest BCUT2D eigenvalue weighted by Gasteiger charge is -2.16. The summed E-state index contributed by atoms with van der Waals surface area (Å²) >= 11 is 0. The third-order valence-corrected chi connectivity index (χ3v) is 4.59. The third kappa shape index (κ3) is 3.45. The van der Waals surface area contributed by atoms with Gasteiger partial charge >= 0.3 is 5.97 Å². The van der Waals surface area contributed by atoms with Crippen LogP contribution in [-0.4, -0.2) is 39.4 Å². The molecule has 1 aromatic carbocycles. The van der Waals surface area contributed by atoms with Gasteiger partial charge in [0.15, 0.2) is 0 Å². The molecular formula is C12H18N2O4S. The Labute approximate surface area is 113 Å². The van der Waals surface area contributed by atoms with Gasteiger partial charge in [0.1, 0.15) is 6.54 Å². The van der Waals surface area contributed by atoms with Gasteiger partial charge < -0.3 is 10.5 Å². The Bertz CT molecular complexity index is 569. The van der Waals surface area contributed by atoms with Gasteiger partial charge in [-0.1, -0.05) is 13.0 Å². The normalized spacial score (nSPS) is 11.6. The third-order valence-electron chi connectivity index (χ3n) is 2.79. The average molecular weight is 286 g/mol. The Morgan fingerprint density at radius 1 is 1.42 bits per heavy atom. The average Bonchev–Trinajstić information content (AvgIpc) is 2.38. The fourth-order valence-corrected chi connectivity index (χ4v) is 2.72. The molecule has 0 aliphatic heterocycles. The van der Waals surface area contributed by atoms with Crippen molar-refractivity contribution in [3.8, 4) is 0 Å². The van der Waals surface area contributed by atoms with Gasteiger partial charge in [0.05, 0.1) is 12.0 Å². The smallest absolute Gasteiger partial charge is 0.321 e. The van der Waals surface area contributed by atoms with Crippen LogP contribution >= 0.6 is 0 Å². The first-order chi connectivity index (χ1) is 8.82. The lowest BCUT2D eigenvalue weighted by atomic mass is 10.1. The van der Waals surface area contributed by atoms with Crippen molar-refractivity contribution < 1.29 is 17.9 Å². The number of benzene rings is 1. The van der Waals surface area contributed by atoms with Gasteiger partial charge in [-0.2, -0.15) is 4.31 Å². The summed E-state index contributed by atoms with van der Waals surface area (Å²) in [4.78, 5) is 11.2. The van der Waals surface area contributed by atoms with Gasteiger partial charge in [-0.05, 0) is 24.1 Å². The minimum absolute atomic E-state index is 0.0635. The molecule has 0 radical (unpaired) electrons. The molecule has 0 unspecified atom stereocenters. The highest BCUT2D eigenvalue weighted by Crippen LogP contribution is 2.20. The maximum absolute atomic E-state index is 12.2. The molecule has 0 aliphatic carbocycles. The van der Waals surface area contributed by atoms with Gasteiger partial charge in [0.25, 0.3) is 0 Å². The van der Waals surface area contributed by atoms with Crippen LogP contribution in [-0.2, 0) is 26.0 Å². The van der Waals surface area contributed by atoms with E-state index in [2.05, 4.69) is 4.74 Å². The number of hydrogen-bond acceptors (Lipinski definition) is 5. The van der Waals surface area contributed by atoms with E-state index in [1.54, 1.807) is 6.07 Å². The van der Waals surface area contributed by atoms with E-state index in [4.69, 9.17) is 5.73 Å². The van der Waals surface area contributed by atoms with Gasteiger partial charge in [0.2, 0.25) is 10.0 Å². The number of ether oxygens (including phenoxy) is 1. The Balaban J connectivity index is 3.06. The van der Waals surface area contributed by atoms with Crippen molar-refractivity contribution in [2.45, 2.75) is 18.2 Å². The van der Waals surface area contributed by atoms with Gasteiger partial charge in [0, 0.05) is 12.7 Å². The molecule has 7 heteroatoms. The molecule has 0 amide bonds. The molecule has 0 bridgehead atoms. The Hall–Kier alpha value is -1.60. The molecule has 0 aliphatic rings. The van der Waals surface area contributed by atoms with Gasteiger partial charge in [-0.15, -0.1) is 0 Å². The number of likely N-dealkylation sites (N-methyl/N-ethyl adjacent to an activating group) is 1. The van der Waals surface area contributed by atoms with Crippen LogP contribution in [0.15, 0.2) is 23.1 Å². The fourth-order valence-electron chi connectivity index (χ4n) is 1.57. The quantitative estimate of drug-likeness (QED) is 0.633. The van der Waals surface area contributed by atoms with Crippen LogP contribution < -0.4 is 5.73 Å². The van der Waals surface area contributed by atoms with Crippen LogP contribution in [0.5, 0.6) is 0 Å². The van der Waals surface area contributed by atoms with Crippen molar-refractivity contribution in [3.63, 3.8) is 0 Å². The standard InChI is InChI=1S/C12H18N2O4S/c1-4-9-5-6-10(7-11(9)13)19(16,17)14(2)8-12(15)18-3/h5-7H,4,8,13H2,1-3H3. The van der Waals surface area contributed by atoms with E-state index in [-0.39, 0.29) is 11.4 Å². The number of aryl methyl sites for hydroxylation is 1. The maximum Gasteiger partial charge on any atom is 0.321 e. The van der Waals surface area contributed by atoms with Crippen molar-refractivity contribution >= 4 is 21.7 Å². The Morgan fingerprint density at radius 3 is 2.53 bits per heavy atom. The highest BCUT2D eigenvalue weighted by Gasteiger charge is 2.23. The molecule has 0 fully saturated rings. The number of nitrogens with zero attached hydrogens (tertiary/aromatic N) is 1. The van der Waals surface area contributed by atoms with Crippen LogP contribution in [0, 0.1) is 0 Å². The first-order valence-corrected chi connectivity index (χ1v) is 7.18. The molecule has 2 N–H and O–H groups in total. The molecule has 1 rings (SSSR count). The molecule has 0 saturated heterocycles. The van der Waals surface area contributed by atoms with Gasteiger partial charge in [-0.3, -0.25) is 4.79 Å².